The van der Waals surface area contributed by atoms with E-state index in [2.05, 4.69) is 15.1 Å². The van der Waals surface area contributed by atoms with E-state index in [0.717, 1.165) is 37.4 Å². The molecule has 1 amide bonds. The van der Waals surface area contributed by atoms with E-state index in [9.17, 15) is 9.59 Å². The summed E-state index contributed by atoms with van der Waals surface area (Å²) in [7, 11) is 0. The van der Waals surface area contributed by atoms with E-state index >= 15 is 0 Å². The number of hydrogen-bond acceptors (Lipinski definition) is 6. The summed E-state index contributed by atoms with van der Waals surface area (Å²) >= 11 is 0. The second-order valence-electron chi connectivity index (χ2n) is 7.15. The van der Waals surface area contributed by atoms with Crippen LogP contribution in [0.2, 0.25) is 0 Å². The number of aromatic nitrogens is 2. The number of carbonyl (C=O) groups excluding carboxylic acids is 2. The third-order valence-electron chi connectivity index (χ3n) is 5.38. The number of anilines is 1. The van der Waals surface area contributed by atoms with E-state index in [1.165, 1.54) is 0 Å². The van der Waals surface area contributed by atoms with Gasteiger partial charge in [0, 0.05) is 32.1 Å². The van der Waals surface area contributed by atoms with Crippen LogP contribution in [0, 0.1) is 18.8 Å². The molecule has 0 bridgehead atoms. The van der Waals surface area contributed by atoms with Crippen LogP contribution in [0.3, 0.4) is 0 Å². The summed E-state index contributed by atoms with van der Waals surface area (Å²) in [5, 5.41) is 8.35. The van der Waals surface area contributed by atoms with Crippen LogP contribution in [0.5, 0.6) is 0 Å². The van der Waals surface area contributed by atoms with Crippen molar-refractivity contribution in [3.05, 3.63) is 17.8 Å². The Morgan fingerprint density at radius 1 is 1.04 bits per heavy atom. The highest BCUT2D eigenvalue weighted by Crippen LogP contribution is 2.26. The second-order valence-corrected chi connectivity index (χ2v) is 7.15. The van der Waals surface area contributed by atoms with Crippen molar-refractivity contribution in [2.24, 2.45) is 11.8 Å². The zero-order valence-electron chi connectivity index (χ0n) is 15.7. The fraction of sp³-hybridized carbons (Fsp3) is 0.684. The van der Waals surface area contributed by atoms with Gasteiger partial charge in [-0.15, -0.1) is 5.10 Å². The topological polar surface area (TPSA) is 75.6 Å². The van der Waals surface area contributed by atoms with Gasteiger partial charge in [0.1, 0.15) is 0 Å². The quantitative estimate of drug-likeness (QED) is 0.762. The van der Waals surface area contributed by atoms with Crippen LogP contribution in [0.15, 0.2) is 12.1 Å². The van der Waals surface area contributed by atoms with E-state index in [1.807, 2.05) is 30.9 Å². The van der Waals surface area contributed by atoms with Gasteiger partial charge in [0.05, 0.1) is 18.2 Å². The Morgan fingerprint density at radius 2 is 1.69 bits per heavy atom. The molecule has 26 heavy (non-hydrogen) atoms. The summed E-state index contributed by atoms with van der Waals surface area (Å²) < 4.78 is 5.10. The van der Waals surface area contributed by atoms with Gasteiger partial charge in [0.25, 0.3) is 0 Å². The molecule has 7 nitrogen and oxygen atoms in total. The molecule has 2 aliphatic rings. The lowest BCUT2D eigenvalue weighted by Crippen LogP contribution is -2.46. The van der Waals surface area contributed by atoms with Gasteiger partial charge in [-0.2, -0.15) is 5.10 Å². The number of aryl methyl sites for hydroxylation is 1. The lowest BCUT2D eigenvalue weighted by atomic mass is 9.92. The third kappa shape index (κ3) is 4.31. The molecule has 2 fully saturated rings. The molecule has 0 unspecified atom stereocenters. The van der Waals surface area contributed by atoms with Gasteiger partial charge in [-0.05, 0) is 51.7 Å². The summed E-state index contributed by atoms with van der Waals surface area (Å²) in [6, 6.07) is 3.96. The Bertz CT molecular complexity index is 618. The molecule has 2 saturated heterocycles. The third-order valence-corrected chi connectivity index (χ3v) is 5.38. The molecule has 0 spiro atoms. The molecule has 3 rings (SSSR count). The normalized spacial score (nSPS) is 19.5. The van der Waals surface area contributed by atoms with Gasteiger partial charge >= 0.3 is 5.97 Å². The zero-order chi connectivity index (χ0) is 18.5. The molecular formula is C19H28N4O3. The number of rotatable bonds is 4. The van der Waals surface area contributed by atoms with Gasteiger partial charge in [0.2, 0.25) is 5.91 Å². The fourth-order valence-corrected chi connectivity index (χ4v) is 3.77. The van der Waals surface area contributed by atoms with Crippen molar-refractivity contribution in [3.8, 4) is 0 Å². The van der Waals surface area contributed by atoms with Crippen molar-refractivity contribution in [3.63, 3.8) is 0 Å². The largest absolute Gasteiger partial charge is 0.466 e. The van der Waals surface area contributed by atoms with E-state index < -0.39 is 0 Å². The number of piperidine rings is 2. The highest BCUT2D eigenvalue weighted by Gasteiger charge is 2.33. The van der Waals surface area contributed by atoms with E-state index in [-0.39, 0.29) is 23.7 Å². The van der Waals surface area contributed by atoms with Gasteiger partial charge in [-0.25, -0.2) is 0 Å². The van der Waals surface area contributed by atoms with Crippen molar-refractivity contribution in [2.45, 2.75) is 39.5 Å². The van der Waals surface area contributed by atoms with Crippen LogP contribution in [-0.2, 0) is 14.3 Å². The molecule has 7 heteroatoms. The fourth-order valence-electron chi connectivity index (χ4n) is 3.77. The van der Waals surface area contributed by atoms with Crippen molar-refractivity contribution < 1.29 is 14.3 Å². The van der Waals surface area contributed by atoms with Crippen molar-refractivity contribution >= 4 is 17.7 Å². The van der Waals surface area contributed by atoms with Gasteiger partial charge in [-0.1, -0.05) is 0 Å². The van der Waals surface area contributed by atoms with Crippen LogP contribution >= 0.6 is 0 Å². The summed E-state index contributed by atoms with van der Waals surface area (Å²) in [6.45, 7) is 7.14. The number of ether oxygens (including phenoxy) is 1. The highest BCUT2D eigenvalue weighted by atomic mass is 16.5. The predicted octanol–water partition coefficient (Wildman–Crippen LogP) is 1.80. The van der Waals surface area contributed by atoms with E-state index in [4.69, 9.17) is 4.74 Å². The van der Waals surface area contributed by atoms with Gasteiger partial charge in [0.15, 0.2) is 5.82 Å². The monoisotopic (exact) mass is 360 g/mol. The van der Waals surface area contributed by atoms with Crippen molar-refractivity contribution in [1.29, 1.82) is 0 Å². The number of carbonyl (C=O) groups is 2. The average molecular weight is 360 g/mol. The Labute approximate surface area is 154 Å². The molecule has 0 atom stereocenters. The molecule has 0 saturated carbocycles. The van der Waals surface area contributed by atoms with Gasteiger partial charge < -0.3 is 14.5 Å². The zero-order valence-corrected chi connectivity index (χ0v) is 15.7. The predicted molar refractivity (Wildman–Crippen MR) is 97.6 cm³/mol. The molecule has 1 aromatic rings. The number of nitrogens with zero attached hydrogens (tertiary/aromatic N) is 4. The maximum absolute atomic E-state index is 12.8. The van der Waals surface area contributed by atoms with Crippen LogP contribution in [0.4, 0.5) is 5.82 Å². The highest BCUT2D eigenvalue weighted by molar-refractivity contribution is 5.80. The molecule has 0 radical (unpaired) electrons. The van der Waals surface area contributed by atoms with E-state index in [0.29, 0.717) is 32.5 Å². The first-order chi connectivity index (χ1) is 12.6. The lowest BCUT2D eigenvalue weighted by molar-refractivity contribution is -0.151. The molecule has 3 heterocycles. The Kier molecular flexibility index (Phi) is 6.06. The summed E-state index contributed by atoms with van der Waals surface area (Å²) in [6.07, 6.45) is 3.10. The lowest BCUT2D eigenvalue weighted by Gasteiger charge is -2.37. The Morgan fingerprint density at radius 3 is 2.27 bits per heavy atom. The van der Waals surface area contributed by atoms with Crippen LogP contribution < -0.4 is 4.90 Å². The number of amides is 1. The molecule has 0 aromatic carbocycles. The molecule has 0 aliphatic carbocycles. The first-order valence-electron chi connectivity index (χ1n) is 9.59. The maximum atomic E-state index is 12.8. The molecule has 2 aliphatic heterocycles. The van der Waals surface area contributed by atoms with Gasteiger partial charge in [-0.3, -0.25) is 9.59 Å². The van der Waals surface area contributed by atoms with Crippen molar-refractivity contribution in [1.82, 2.24) is 15.1 Å². The smallest absolute Gasteiger partial charge is 0.309 e. The first kappa shape index (κ1) is 18.6. The number of hydrogen-bond donors (Lipinski definition) is 0. The minimum absolute atomic E-state index is 0.0547. The average Bonchev–Trinajstić information content (AvgIpc) is 2.68. The van der Waals surface area contributed by atoms with Crippen LogP contribution in [-0.4, -0.2) is 59.8 Å². The second kappa shape index (κ2) is 8.47. The Hall–Kier alpha value is -2.18. The molecule has 1 aromatic heterocycles. The summed E-state index contributed by atoms with van der Waals surface area (Å²) in [5.74, 6) is 1.02. The maximum Gasteiger partial charge on any atom is 0.309 e. The minimum Gasteiger partial charge on any atom is -0.466 e. The molecular weight excluding hydrogens is 332 g/mol. The van der Waals surface area contributed by atoms with Crippen molar-refractivity contribution in [2.75, 3.05) is 37.7 Å². The molecule has 142 valence electrons. The summed E-state index contributed by atoms with van der Waals surface area (Å²) in [4.78, 5) is 28.8. The number of esters is 1. The minimum atomic E-state index is -0.118. The van der Waals surface area contributed by atoms with Crippen LogP contribution in [0.1, 0.15) is 38.3 Å². The van der Waals surface area contributed by atoms with Crippen LogP contribution in [0.25, 0.3) is 0 Å². The number of likely N-dealkylation sites (tertiary alicyclic amines) is 1. The Balaban J connectivity index is 1.47. The summed E-state index contributed by atoms with van der Waals surface area (Å²) in [5.41, 5.74) is 0.907. The van der Waals surface area contributed by atoms with E-state index in [1.54, 1.807) is 0 Å². The molecule has 0 N–H and O–H groups in total. The first-order valence-corrected chi connectivity index (χ1v) is 9.59. The SMILES string of the molecule is CCOC(=O)C1CCN(C(=O)C2CCN(c3ccc(C)nn3)CC2)CC1. The standard InChI is InChI=1S/C19H28N4O3/c1-3-26-19(25)16-8-12-23(13-9-16)18(24)15-6-10-22(11-7-15)17-5-4-14(2)20-21-17/h4-5,15-16H,3,6-13H2,1-2H3.